The molecule has 0 aliphatic carbocycles. The predicted octanol–water partition coefficient (Wildman–Crippen LogP) is 13.2. The normalized spacial score (nSPS) is 11.8. The molecule has 0 aliphatic rings. The first-order valence-corrected chi connectivity index (χ1v) is 16.2. The molecule has 0 radical (unpaired) electrons. The Morgan fingerprint density at radius 1 is 0.277 bits per heavy atom. The highest BCUT2D eigenvalue weighted by Crippen LogP contribution is 2.46. The topological polar surface area (TPSA) is 13.1 Å². The molecule has 1 aromatic heterocycles. The van der Waals surface area contributed by atoms with E-state index in [-0.39, 0.29) is 0 Å². The van der Waals surface area contributed by atoms with E-state index >= 15 is 0 Å². The van der Waals surface area contributed by atoms with Gasteiger partial charge in [-0.2, -0.15) is 0 Å². The van der Waals surface area contributed by atoms with Crippen molar-refractivity contribution in [3.05, 3.63) is 170 Å². The lowest BCUT2D eigenvalue weighted by Crippen LogP contribution is -1.92. The van der Waals surface area contributed by atoms with Gasteiger partial charge in [0.05, 0.1) is 0 Å². The smallest absolute Gasteiger partial charge is 0.135 e. The monoisotopic (exact) mass is 596 g/mol. The fourth-order valence-electron chi connectivity index (χ4n) is 7.73. The van der Waals surface area contributed by atoms with E-state index in [1.807, 2.05) is 12.1 Å². The van der Waals surface area contributed by atoms with E-state index in [4.69, 9.17) is 4.42 Å². The quantitative estimate of drug-likeness (QED) is 0.146. The predicted molar refractivity (Wildman–Crippen MR) is 200 cm³/mol. The van der Waals surface area contributed by atoms with Crippen LogP contribution >= 0.6 is 0 Å². The summed E-state index contributed by atoms with van der Waals surface area (Å²) >= 11 is 0. The number of rotatable bonds is 3. The molecule has 0 bridgehead atoms. The van der Waals surface area contributed by atoms with E-state index in [1.165, 1.54) is 76.5 Å². The van der Waals surface area contributed by atoms with Crippen molar-refractivity contribution in [2.45, 2.75) is 0 Å². The maximum Gasteiger partial charge on any atom is 0.135 e. The number of para-hydroxylation sites is 1. The van der Waals surface area contributed by atoms with Gasteiger partial charge in [-0.3, -0.25) is 0 Å². The highest BCUT2D eigenvalue weighted by atomic mass is 16.3. The summed E-state index contributed by atoms with van der Waals surface area (Å²) in [6.45, 7) is 0. The Labute approximate surface area is 271 Å². The molecule has 0 aliphatic heterocycles. The van der Waals surface area contributed by atoms with Crippen LogP contribution in [-0.2, 0) is 0 Å². The highest BCUT2D eigenvalue weighted by molar-refractivity contribution is 6.25. The van der Waals surface area contributed by atoms with Gasteiger partial charge < -0.3 is 4.42 Å². The van der Waals surface area contributed by atoms with Crippen molar-refractivity contribution >= 4 is 65.0 Å². The second-order valence-corrected chi connectivity index (χ2v) is 12.4. The van der Waals surface area contributed by atoms with Gasteiger partial charge in [0.2, 0.25) is 0 Å². The van der Waals surface area contributed by atoms with Crippen LogP contribution in [0, 0.1) is 0 Å². The van der Waals surface area contributed by atoms with Gasteiger partial charge >= 0.3 is 0 Å². The Balaban J connectivity index is 1.19. The fourth-order valence-corrected chi connectivity index (χ4v) is 7.73. The van der Waals surface area contributed by atoms with Gasteiger partial charge in [0.15, 0.2) is 0 Å². The zero-order chi connectivity index (χ0) is 30.9. The van der Waals surface area contributed by atoms with Crippen LogP contribution in [0.5, 0.6) is 0 Å². The molecular formula is C46H28O. The molecular weight excluding hydrogens is 569 g/mol. The first-order chi connectivity index (χ1) is 23.3. The molecule has 0 amide bonds. The van der Waals surface area contributed by atoms with Crippen LogP contribution in [0.4, 0.5) is 0 Å². The van der Waals surface area contributed by atoms with Gasteiger partial charge in [0, 0.05) is 10.8 Å². The molecule has 1 heteroatoms. The lowest BCUT2D eigenvalue weighted by molar-refractivity contribution is 0.669. The van der Waals surface area contributed by atoms with Gasteiger partial charge in [-0.15, -0.1) is 0 Å². The zero-order valence-corrected chi connectivity index (χ0v) is 25.6. The van der Waals surface area contributed by atoms with E-state index in [9.17, 15) is 0 Å². The first-order valence-electron chi connectivity index (χ1n) is 16.2. The van der Waals surface area contributed by atoms with Crippen LogP contribution in [0.3, 0.4) is 0 Å². The lowest BCUT2D eigenvalue weighted by atomic mass is 9.83. The first kappa shape index (κ1) is 26.1. The Bertz CT molecular complexity index is 2780. The largest absolute Gasteiger partial charge is 0.456 e. The molecule has 9 aromatic carbocycles. The van der Waals surface area contributed by atoms with Crippen molar-refractivity contribution < 1.29 is 4.42 Å². The maximum atomic E-state index is 6.09. The van der Waals surface area contributed by atoms with Gasteiger partial charge in [0.1, 0.15) is 11.2 Å². The van der Waals surface area contributed by atoms with Crippen LogP contribution in [-0.4, -0.2) is 0 Å². The van der Waals surface area contributed by atoms with Crippen LogP contribution < -0.4 is 0 Å². The van der Waals surface area contributed by atoms with Crippen LogP contribution in [0.1, 0.15) is 0 Å². The summed E-state index contributed by atoms with van der Waals surface area (Å²) in [6.07, 6.45) is 0. The van der Waals surface area contributed by atoms with Crippen molar-refractivity contribution in [1.29, 1.82) is 0 Å². The third-order valence-electron chi connectivity index (χ3n) is 9.85. The summed E-state index contributed by atoms with van der Waals surface area (Å²) in [5.41, 5.74) is 9.27. The van der Waals surface area contributed by atoms with Crippen molar-refractivity contribution in [2.24, 2.45) is 0 Å². The fraction of sp³-hybridized carbons (Fsp3) is 0. The molecule has 1 heterocycles. The minimum atomic E-state index is 0.920. The number of fused-ring (bicyclic) bond motifs is 8. The third-order valence-corrected chi connectivity index (χ3v) is 9.85. The SMILES string of the molecule is c1ccc2c(c1)cc(-c1c3ccccc3c(-c3ccc(-c4ccc5oc6ccccc6c5c4)cc3)c3ccccc13)c1ccccc12. The van der Waals surface area contributed by atoms with Gasteiger partial charge in [-0.25, -0.2) is 0 Å². The lowest BCUT2D eigenvalue weighted by Gasteiger charge is -2.19. The molecule has 1 nitrogen and oxygen atoms in total. The van der Waals surface area contributed by atoms with Crippen molar-refractivity contribution in [3.8, 4) is 33.4 Å². The summed E-state index contributed by atoms with van der Waals surface area (Å²) in [5, 5.41) is 12.5. The average Bonchev–Trinajstić information content (AvgIpc) is 3.52. The van der Waals surface area contributed by atoms with E-state index in [1.54, 1.807) is 0 Å². The van der Waals surface area contributed by atoms with Crippen LogP contribution in [0.25, 0.3) is 98.4 Å². The van der Waals surface area contributed by atoms with Crippen molar-refractivity contribution in [1.82, 2.24) is 0 Å². The standard InChI is InChI=1S/C46H28O/c1-2-12-33-32(11-1)28-42(35-14-4-3-13-34(33)35)46-39-18-7-5-16-37(39)45(38-17-6-8-19-40(38)46)30-23-21-29(22-24-30)31-25-26-44-41(27-31)36-15-9-10-20-43(36)47-44/h1-28H. The molecule has 0 N–H and O–H groups in total. The number of hydrogen-bond acceptors (Lipinski definition) is 1. The summed E-state index contributed by atoms with van der Waals surface area (Å²) in [6, 6.07) is 61.7. The minimum Gasteiger partial charge on any atom is -0.456 e. The molecule has 10 rings (SSSR count). The maximum absolute atomic E-state index is 6.09. The molecule has 47 heavy (non-hydrogen) atoms. The molecule has 0 fully saturated rings. The molecule has 0 atom stereocenters. The second kappa shape index (κ2) is 10.2. The minimum absolute atomic E-state index is 0.920. The summed E-state index contributed by atoms with van der Waals surface area (Å²) in [5.74, 6) is 0. The van der Waals surface area contributed by atoms with Gasteiger partial charge in [-0.05, 0) is 101 Å². The van der Waals surface area contributed by atoms with Crippen molar-refractivity contribution in [3.63, 3.8) is 0 Å². The Kier molecular flexibility index (Phi) is 5.64. The summed E-state index contributed by atoms with van der Waals surface area (Å²) in [7, 11) is 0. The Morgan fingerprint density at radius 2 is 0.766 bits per heavy atom. The number of furan rings is 1. The number of benzene rings is 9. The van der Waals surface area contributed by atoms with Crippen LogP contribution in [0.15, 0.2) is 174 Å². The Hall–Kier alpha value is -6.18. The average molecular weight is 597 g/mol. The molecule has 218 valence electrons. The zero-order valence-electron chi connectivity index (χ0n) is 25.6. The summed E-state index contributed by atoms with van der Waals surface area (Å²) < 4.78 is 6.09. The third kappa shape index (κ3) is 3.97. The van der Waals surface area contributed by atoms with Crippen LogP contribution in [0.2, 0.25) is 0 Å². The number of hydrogen-bond donors (Lipinski definition) is 0. The van der Waals surface area contributed by atoms with E-state index < -0.39 is 0 Å². The van der Waals surface area contributed by atoms with Gasteiger partial charge in [-0.1, -0.05) is 146 Å². The molecule has 0 saturated heterocycles. The summed E-state index contributed by atoms with van der Waals surface area (Å²) in [4.78, 5) is 0. The van der Waals surface area contributed by atoms with Crippen molar-refractivity contribution in [2.75, 3.05) is 0 Å². The van der Waals surface area contributed by atoms with Gasteiger partial charge in [0.25, 0.3) is 0 Å². The highest BCUT2D eigenvalue weighted by Gasteiger charge is 2.19. The van der Waals surface area contributed by atoms with E-state index in [2.05, 4.69) is 158 Å². The Morgan fingerprint density at radius 3 is 1.47 bits per heavy atom. The molecule has 0 saturated carbocycles. The van der Waals surface area contributed by atoms with E-state index in [0.29, 0.717) is 0 Å². The van der Waals surface area contributed by atoms with E-state index in [0.717, 1.165) is 21.9 Å². The molecule has 0 spiro atoms. The second-order valence-electron chi connectivity index (χ2n) is 12.4. The molecule has 10 aromatic rings. The molecule has 0 unspecified atom stereocenters.